The third-order valence-corrected chi connectivity index (χ3v) is 3.53. The van der Waals surface area contributed by atoms with Gasteiger partial charge >= 0.3 is 12.6 Å². The third kappa shape index (κ3) is 5.91. The van der Waals surface area contributed by atoms with Gasteiger partial charge in [-0.1, -0.05) is 29.8 Å². The van der Waals surface area contributed by atoms with Gasteiger partial charge in [-0.2, -0.15) is 8.78 Å². The summed E-state index contributed by atoms with van der Waals surface area (Å²) in [5, 5.41) is 0. The SMILES string of the molecule is COc1ccccc1/C=C/C(=O)OCC(=O)c1cc(C)ccc1OC(F)F. The van der Waals surface area contributed by atoms with Crippen molar-refractivity contribution in [2.45, 2.75) is 13.5 Å². The van der Waals surface area contributed by atoms with Crippen LogP contribution >= 0.6 is 0 Å². The van der Waals surface area contributed by atoms with Crippen LogP contribution in [0.25, 0.3) is 6.08 Å². The summed E-state index contributed by atoms with van der Waals surface area (Å²) in [6.07, 6.45) is 2.64. The number of aryl methyl sites for hydroxylation is 1. The van der Waals surface area contributed by atoms with Crippen LogP contribution in [0, 0.1) is 6.92 Å². The van der Waals surface area contributed by atoms with Crippen LogP contribution in [0.3, 0.4) is 0 Å². The Morgan fingerprint density at radius 2 is 1.85 bits per heavy atom. The highest BCUT2D eigenvalue weighted by molar-refractivity contribution is 6.01. The lowest BCUT2D eigenvalue weighted by Crippen LogP contribution is -2.15. The van der Waals surface area contributed by atoms with Crippen molar-refractivity contribution in [3.05, 3.63) is 65.2 Å². The van der Waals surface area contributed by atoms with Gasteiger partial charge in [0, 0.05) is 11.6 Å². The Bertz CT molecular complexity index is 846. The predicted octanol–water partition coefficient (Wildman–Crippen LogP) is 4.04. The zero-order valence-electron chi connectivity index (χ0n) is 14.8. The normalized spacial score (nSPS) is 10.9. The number of para-hydroxylation sites is 1. The van der Waals surface area contributed by atoms with Gasteiger partial charge in [-0.25, -0.2) is 4.79 Å². The number of hydrogen-bond acceptors (Lipinski definition) is 5. The molecule has 0 heterocycles. The second-order valence-corrected chi connectivity index (χ2v) is 5.48. The van der Waals surface area contributed by atoms with Crippen LogP contribution in [0.15, 0.2) is 48.5 Å². The van der Waals surface area contributed by atoms with Gasteiger partial charge in [-0.05, 0) is 31.2 Å². The van der Waals surface area contributed by atoms with Crippen molar-refractivity contribution in [1.82, 2.24) is 0 Å². The van der Waals surface area contributed by atoms with Crippen LogP contribution in [0.1, 0.15) is 21.5 Å². The lowest BCUT2D eigenvalue weighted by Gasteiger charge is -2.10. The Morgan fingerprint density at radius 1 is 1.11 bits per heavy atom. The standard InChI is InChI=1S/C20H18F2O5/c1-13-7-9-18(27-20(21)22)15(11-13)16(23)12-26-19(24)10-8-14-5-3-4-6-17(14)25-2/h3-11,20H,12H2,1-2H3/b10-8+. The maximum atomic E-state index is 12.5. The smallest absolute Gasteiger partial charge is 0.387 e. The second-order valence-electron chi connectivity index (χ2n) is 5.48. The van der Waals surface area contributed by atoms with E-state index in [0.29, 0.717) is 16.9 Å². The lowest BCUT2D eigenvalue weighted by atomic mass is 10.1. The molecule has 0 atom stereocenters. The quantitative estimate of drug-likeness (QED) is 0.395. The van der Waals surface area contributed by atoms with Gasteiger partial charge in [-0.3, -0.25) is 4.79 Å². The maximum absolute atomic E-state index is 12.5. The van der Waals surface area contributed by atoms with E-state index in [-0.39, 0.29) is 11.3 Å². The number of carbonyl (C=O) groups is 2. The van der Waals surface area contributed by atoms with Crippen molar-refractivity contribution in [2.75, 3.05) is 13.7 Å². The van der Waals surface area contributed by atoms with Crippen molar-refractivity contribution in [3.8, 4) is 11.5 Å². The Hall–Kier alpha value is -3.22. The highest BCUT2D eigenvalue weighted by Gasteiger charge is 2.17. The molecule has 0 bridgehead atoms. The molecule has 2 aromatic carbocycles. The van der Waals surface area contributed by atoms with E-state index in [4.69, 9.17) is 9.47 Å². The zero-order chi connectivity index (χ0) is 19.8. The molecule has 0 spiro atoms. The number of halogens is 2. The number of alkyl halides is 2. The van der Waals surface area contributed by atoms with E-state index in [1.165, 1.54) is 31.4 Å². The fourth-order valence-corrected chi connectivity index (χ4v) is 2.28. The van der Waals surface area contributed by atoms with Gasteiger partial charge in [-0.15, -0.1) is 0 Å². The minimum Gasteiger partial charge on any atom is -0.496 e. The minimum atomic E-state index is -3.06. The fraction of sp³-hybridized carbons (Fsp3) is 0.200. The summed E-state index contributed by atoms with van der Waals surface area (Å²) >= 11 is 0. The summed E-state index contributed by atoms with van der Waals surface area (Å²) < 4.78 is 39.3. The molecule has 0 N–H and O–H groups in total. The molecule has 7 heteroatoms. The van der Waals surface area contributed by atoms with E-state index in [1.807, 2.05) is 0 Å². The van der Waals surface area contributed by atoms with Crippen molar-refractivity contribution >= 4 is 17.8 Å². The molecule has 0 saturated heterocycles. The van der Waals surface area contributed by atoms with E-state index < -0.39 is 25.0 Å². The number of benzene rings is 2. The first kappa shape index (κ1) is 20.1. The second kappa shape index (κ2) is 9.47. The van der Waals surface area contributed by atoms with Crippen molar-refractivity contribution in [2.24, 2.45) is 0 Å². The maximum Gasteiger partial charge on any atom is 0.387 e. The molecule has 0 radical (unpaired) electrons. The van der Waals surface area contributed by atoms with Gasteiger partial charge in [0.15, 0.2) is 6.61 Å². The Balaban J connectivity index is 2.02. The van der Waals surface area contributed by atoms with Gasteiger partial charge in [0.05, 0.1) is 12.7 Å². The summed E-state index contributed by atoms with van der Waals surface area (Å²) in [6.45, 7) is -1.96. The molecular formula is C20H18F2O5. The molecule has 0 saturated carbocycles. The molecule has 5 nitrogen and oxygen atoms in total. The largest absolute Gasteiger partial charge is 0.496 e. The summed E-state index contributed by atoms with van der Waals surface area (Å²) in [5.41, 5.74) is 1.27. The van der Waals surface area contributed by atoms with Crippen LogP contribution in [0.2, 0.25) is 0 Å². The first-order valence-electron chi connectivity index (χ1n) is 7.97. The Morgan fingerprint density at radius 3 is 2.56 bits per heavy atom. The predicted molar refractivity (Wildman–Crippen MR) is 95.1 cm³/mol. The van der Waals surface area contributed by atoms with Crippen molar-refractivity contribution in [3.63, 3.8) is 0 Å². The first-order chi connectivity index (χ1) is 12.9. The van der Waals surface area contributed by atoms with Crippen LogP contribution in [0.4, 0.5) is 8.78 Å². The molecule has 142 valence electrons. The van der Waals surface area contributed by atoms with E-state index in [2.05, 4.69) is 4.74 Å². The third-order valence-electron chi connectivity index (χ3n) is 3.53. The van der Waals surface area contributed by atoms with Gasteiger partial charge < -0.3 is 14.2 Å². The lowest BCUT2D eigenvalue weighted by molar-refractivity contribution is -0.136. The minimum absolute atomic E-state index is 0.0724. The highest BCUT2D eigenvalue weighted by atomic mass is 19.3. The topological polar surface area (TPSA) is 61.8 Å². The van der Waals surface area contributed by atoms with E-state index in [9.17, 15) is 18.4 Å². The summed E-state index contributed by atoms with van der Waals surface area (Å²) in [5.74, 6) is -1.08. The zero-order valence-corrected chi connectivity index (χ0v) is 14.8. The number of hydrogen-bond donors (Lipinski definition) is 0. The molecule has 0 aromatic heterocycles. The number of methoxy groups -OCH3 is 1. The van der Waals surface area contributed by atoms with Crippen molar-refractivity contribution in [1.29, 1.82) is 0 Å². The number of ether oxygens (including phenoxy) is 3. The van der Waals surface area contributed by atoms with Crippen LogP contribution in [-0.4, -0.2) is 32.1 Å². The molecule has 0 aliphatic rings. The summed E-state index contributed by atoms with van der Waals surface area (Å²) in [6, 6.07) is 11.3. The Kier molecular flexibility index (Phi) is 7.05. The highest BCUT2D eigenvalue weighted by Crippen LogP contribution is 2.23. The van der Waals surface area contributed by atoms with Crippen molar-refractivity contribution < 1.29 is 32.6 Å². The van der Waals surface area contributed by atoms with E-state index in [0.717, 1.165) is 6.08 Å². The van der Waals surface area contributed by atoms with Crippen LogP contribution in [-0.2, 0) is 9.53 Å². The van der Waals surface area contributed by atoms with Gasteiger partial charge in [0.1, 0.15) is 11.5 Å². The molecule has 0 unspecified atom stereocenters. The number of ketones is 1. The number of esters is 1. The molecule has 2 rings (SSSR count). The van der Waals surface area contributed by atoms with Crippen LogP contribution in [0.5, 0.6) is 11.5 Å². The Labute approximate surface area is 155 Å². The molecular weight excluding hydrogens is 358 g/mol. The van der Waals surface area contributed by atoms with E-state index in [1.54, 1.807) is 31.2 Å². The molecule has 0 amide bonds. The first-order valence-corrected chi connectivity index (χ1v) is 7.97. The monoisotopic (exact) mass is 376 g/mol. The average molecular weight is 376 g/mol. The van der Waals surface area contributed by atoms with Gasteiger partial charge in [0.25, 0.3) is 0 Å². The van der Waals surface area contributed by atoms with Gasteiger partial charge in [0.2, 0.25) is 5.78 Å². The summed E-state index contributed by atoms with van der Waals surface area (Å²) in [7, 11) is 1.50. The number of rotatable bonds is 8. The van der Waals surface area contributed by atoms with E-state index >= 15 is 0 Å². The fourth-order valence-electron chi connectivity index (χ4n) is 2.28. The molecule has 0 aliphatic carbocycles. The number of carbonyl (C=O) groups excluding carboxylic acids is 2. The molecule has 0 fully saturated rings. The molecule has 2 aromatic rings. The number of Topliss-reactive ketones (excluding diaryl/α,β-unsaturated/α-hetero) is 1. The van der Waals surface area contributed by atoms with Crippen LogP contribution < -0.4 is 9.47 Å². The molecule has 27 heavy (non-hydrogen) atoms. The molecule has 0 aliphatic heterocycles. The average Bonchev–Trinajstić information content (AvgIpc) is 2.65. The summed E-state index contributed by atoms with van der Waals surface area (Å²) in [4.78, 5) is 24.1.